The summed E-state index contributed by atoms with van der Waals surface area (Å²) in [5.41, 5.74) is 0.908. The van der Waals surface area contributed by atoms with E-state index in [4.69, 9.17) is 13.6 Å². The molecule has 0 bridgehead atoms. The van der Waals surface area contributed by atoms with Gasteiger partial charge in [-0.05, 0) is 28.1 Å². The van der Waals surface area contributed by atoms with E-state index in [1.807, 2.05) is 5.32 Å². The zero-order valence-corrected chi connectivity index (χ0v) is 13.0. The third kappa shape index (κ3) is 2.90. The van der Waals surface area contributed by atoms with Crippen LogP contribution in [0.5, 0.6) is 0 Å². The molecular weight excluding hydrogens is 338 g/mol. The van der Waals surface area contributed by atoms with Crippen molar-refractivity contribution >= 4 is 27.5 Å². The second kappa shape index (κ2) is 5.90. The summed E-state index contributed by atoms with van der Waals surface area (Å²) in [5, 5.41) is 1.93. The molecule has 0 saturated carbocycles. The maximum Gasteiger partial charge on any atom is 0.269 e. The first-order valence-electron chi connectivity index (χ1n) is 8.30. The summed E-state index contributed by atoms with van der Waals surface area (Å²) in [6.45, 7) is 0.242. The molecule has 1 N–H and O–H groups in total. The molecule has 0 unspecified atom stereocenters. The van der Waals surface area contributed by atoms with Gasteiger partial charge in [-0.1, -0.05) is 0 Å². The fourth-order valence-electron chi connectivity index (χ4n) is 2.73. The van der Waals surface area contributed by atoms with Crippen LogP contribution in [0.15, 0.2) is 16.7 Å². The molecule has 2 aliphatic rings. The van der Waals surface area contributed by atoms with Crippen molar-refractivity contribution in [1.82, 2.24) is 10.3 Å². The van der Waals surface area contributed by atoms with Crippen LogP contribution in [0.25, 0.3) is 0 Å². The lowest BCUT2D eigenvalue weighted by Gasteiger charge is -2.38. The molecule has 0 aromatic carbocycles. The normalized spacial score (nSPS) is 23.5. The molecular formula is C14H18BrN3O3. The van der Waals surface area contributed by atoms with Crippen molar-refractivity contribution in [3.63, 3.8) is 0 Å². The van der Waals surface area contributed by atoms with E-state index in [2.05, 4.69) is 25.8 Å². The third-order valence-electron chi connectivity index (χ3n) is 3.85. The summed E-state index contributed by atoms with van der Waals surface area (Å²) in [6, 6.07) is 3.29. The molecule has 2 aliphatic heterocycles. The first-order chi connectivity index (χ1) is 11.3. The SMILES string of the molecule is [2H]C([2H])([2H])NC(=O)c1ccc(N2CCC3(CC2)OCCO3)c(Br)n1. The molecule has 21 heavy (non-hydrogen) atoms. The highest BCUT2D eigenvalue weighted by Crippen LogP contribution is 2.35. The molecule has 1 aromatic heterocycles. The quantitative estimate of drug-likeness (QED) is 0.812. The van der Waals surface area contributed by atoms with Gasteiger partial charge in [-0.2, -0.15) is 0 Å². The number of pyridine rings is 1. The van der Waals surface area contributed by atoms with E-state index in [1.54, 1.807) is 6.07 Å². The van der Waals surface area contributed by atoms with Crippen molar-refractivity contribution in [2.45, 2.75) is 18.6 Å². The van der Waals surface area contributed by atoms with Gasteiger partial charge in [0.25, 0.3) is 5.91 Å². The molecule has 6 nitrogen and oxygen atoms in total. The highest BCUT2D eigenvalue weighted by atomic mass is 79.9. The molecule has 2 saturated heterocycles. The van der Waals surface area contributed by atoms with E-state index in [1.165, 1.54) is 6.07 Å². The average molecular weight is 359 g/mol. The summed E-state index contributed by atoms with van der Waals surface area (Å²) in [7, 11) is 0. The fourth-order valence-corrected chi connectivity index (χ4v) is 3.30. The van der Waals surface area contributed by atoms with E-state index in [0.717, 1.165) is 31.6 Å². The molecule has 114 valence electrons. The highest BCUT2D eigenvalue weighted by Gasteiger charge is 2.40. The van der Waals surface area contributed by atoms with E-state index in [9.17, 15) is 4.79 Å². The van der Waals surface area contributed by atoms with Crippen LogP contribution >= 0.6 is 15.9 Å². The summed E-state index contributed by atoms with van der Waals surface area (Å²) in [4.78, 5) is 18.2. The van der Waals surface area contributed by atoms with Gasteiger partial charge in [-0.3, -0.25) is 4.79 Å². The number of amides is 1. The molecule has 0 radical (unpaired) electrons. The van der Waals surface area contributed by atoms with Crippen LogP contribution in [-0.2, 0) is 9.47 Å². The van der Waals surface area contributed by atoms with Crippen LogP contribution < -0.4 is 10.2 Å². The number of halogens is 1. The predicted molar refractivity (Wildman–Crippen MR) is 81.4 cm³/mol. The van der Waals surface area contributed by atoms with Crippen LogP contribution in [0.2, 0.25) is 0 Å². The number of nitrogens with zero attached hydrogens (tertiary/aromatic N) is 2. The molecule has 1 spiro atoms. The third-order valence-corrected chi connectivity index (χ3v) is 4.44. The number of piperidine rings is 1. The zero-order chi connectivity index (χ0) is 17.4. The maximum atomic E-state index is 11.9. The van der Waals surface area contributed by atoms with Crippen molar-refractivity contribution in [2.24, 2.45) is 0 Å². The standard InChI is InChI=1S/C14H18BrN3O3/c1-16-13(19)10-2-3-11(12(15)17-10)18-6-4-14(5-7-18)20-8-9-21-14/h2-3H,4-9H2,1H3,(H,16,19)/i1D3. The minimum atomic E-state index is -2.54. The van der Waals surface area contributed by atoms with Crippen LogP contribution in [0, 0.1) is 0 Å². The van der Waals surface area contributed by atoms with E-state index in [-0.39, 0.29) is 5.69 Å². The van der Waals surface area contributed by atoms with E-state index in [0.29, 0.717) is 17.8 Å². The minimum Gasteiger partial charge on any atom is -0.369 e. The monoisotopic (exact) mass is 358 g/mol. The van der Waals surface area contributed by atoms with Crippen molar-refractivity contribution in [2.75, 3.05) is 38.2 Å². The zero-order valence-electron chi connectivity index (χ0n) is 14.4. The lowest BCUT2D eigenvalue weighted by atomic mass is 10.0. The lowest BCUT2D eigenvalue weighted by Crippen LogP contribution is -2.45. The second-order valence-electron chi connectivity index (χ2n) is 5.06. The van der Waals surface area contributed by atoms with Crippen LogP contribution in [-0.4, -0.2) is 50.0 Å². The molecule has 7 heteroatoms. The Morgan fingerprint density at radius 2 is 2.14 bits per heavy atom. The van der Waals surface area contributed by atoms with Gasteiger partial charge in [0, 0.05) is 37.0 Å². The van der Waals surface area contributed by atoms with E-state index >= 15 is 0 Å². The minimum absolute atomic E-state index is 0.0534. The van der Waals surface area contributed by atoms with Gasteiger partial charge in [0.2, 0.25) is 0 Å². The molecule has 3 rings (SSSR count). The van der Waals surface area contributed by atoms with Gasteiger partial charge >= 0.3 is 0 Å². The number of rotatable bonds is 2. The Labute approximate surface area is 136 Å². The topological polar surface area (TPSA) is 63.7 Å². The summed E-state index contributed by atoms with van der Waals surface area (Å²) in [5.74, 6) is -1.18. The lowest BCUT2D eigenvalue weighted by molar-refractivity contribution is -0.169. The van der Waals surface area contributed by atoms with Gasteiger partial charge in [0.05, 0.1) is 18.9 Å². The largest absolute Gasteiger partial charge is 0.369 e. The smallest absolute Gasteiger partial charge is 0.269 e. The van der Waals surface area contributed by atoms with Crippen molar-refractivity contribution in [3.8, 4) is 0 Å². The molecule has 1 aromatic rings. The predicted octanol–water partition coefficient (Wildman–Crippen LogP) is 1.55. The molecule has 0 atom stereocenters. The summed E-state index contributed by atoms with van der Waals surface area (Å²) in [6.07, 6.45) is 1.53. The van der Waals surface area contributed by atoms with Gasteiger partial charge in [-0.15, -0.1) is 0 Å². The molecule has 2 fully saturated rings. The molecule has 0 aliphatic carbocycles. The Hall–Kier alpha value is -1.18. The van der Waals surface area contributed by atoms with Gasteiger partial charge in [0.15, 0.2) is 5.79 Å². The summed E-state index contributed by atoms with van der Waals surface area (Å²) < 4.78 is 33.2. The second-order valence-corrected chi connectivity index (χ2v) is 5.81. The van der Waals surface area contributed by atoms with Crippen molar-refractivity contribution in [3.05, 3.63) is 22.4 Å². The maximum absolute atomic E-state index is 11.9. The number of anilines is 1. The van der Waals surface area contributed by atoms with Crippen LogP contribution in [0.4, 0.5) is 5.69 Å². The number of carbonyl (C=O) groups is 1. The van der Waals surface area contributed by atoms with Crippen LogP contribution in [0.3, 0.4) is 0 Å². The summed E-state index contributed by atoms with van der Waals surface area (Å²) >= 11 is 3.37. The molecule has 3 heterocycles. The number of nitrogens with one attached hydrogen (secondary N) is 1. The van der Waals surface area contributed by atoms with Gasteiger partial charge in [0.1, 0.15) is 10.3 Å². The van der Waals surface area contributed by atoms with Crippen molar-refractivity contribution in [1.29, 1.82) is 0 Å². The average Bonchev–Trinajstić information content (AvgIpc) is 2.95. The Morgan fingerprint density at radius 3 is 2.76 bits per heavy atom. The Kier molecular flexibility index (Phi) is 3.20. The number of ether oxygens (including phenoxy) is 2. The Bertz CT molecular complexity index is 625. The first kappa shape index (κ1) is 11.4. The number of aromatic nitrogens is 1. The Balaban J connectivity index is 1.68. The highest BCUT2D eigenvalue weighted by molar-refractivity contribution is 9.10. The first-order valence-corrected chi connectivity index (χ1v) is 7.59. The number of carbonyl (C=O) groups excluding carboxylic acids is 1. The van der Waals surface area contributed by atoms with Gasteiger partial charge in [-0.25, -0.2) is 4.98 Å². The van der Waals surface area contributed by atoms with E-state index < -0.39 is 18.7 Å². The molecule has 1 amide bonds. The fraction of sp³-hybridized carbons (Fsp3) is 0.571. The van der Waals surface area contributed by atoms with Gasteiger partial charge < -0.3 is 19.7 Å². The Morgan fingerprint density at radius 1 is 1.43 bits per heavy atom. The van der Waals surface area contributed by atoms with Crippen LogP contribution in [0.1, 0.15) is 27.4 Å². The number of hydrogen-bond donors (Lipinski definition) is 1. The van der Waals surface area contributed by atoms with Crippen molar-refractivity contribution < 1.29 is 18.4 Å². The number of hydrogen-bond acceptors (Lipinski definition) is 5.